The lowest BCUT2D eigenvalue weighted by molar-refractivity contribution is 0.0827. The molecule has 1 aromatic heterocycles. The van der Waals surface area contributed by atoms with Crippen LogP contribution in [0, 0.1) is 5.92 Å². The topological polar surface area (TPSA) is 45.2 Å². The Hall–Kier alpha value is -1.58. The zero-order valence-corrected chi connectivity index (χ0v) is 11.9. The highest BCUT2D eigenvalue weighted by molar-refractivity contribution is 5.93. The molecule has 1 aliphatic rings. The monoisotopic (exact) mass is 261 g/mol. The molecule has 4 heteroatoms. The summed E-state index contributed by atoms with van der Waals surface area (Å²) in [6.45, 7) is 0.971. The molecule has 1 aliphatic carbocycles. The Balaban J connectivity index is 1.79. The van der Waals surface area contributed by atoms with Gasteiger partial charge < -0.3 is 10.2 Å². The van der Waals surface area contributed by atoms with Crippen LogP contribution in [0.2, 0.25) is 0 Å². The molecule has 0 saturated heterocycles. The Bertz CT molecular complexity index is 408. The van der Waals surface area contributed by atoms with Crippen LogP contribution in [-0.2, 0) is 0 Å². The number of anilines is 1. The summed E-state index contributed by atoms with van der Waals surface area (Å²) < 4.78 is 0. The van der Waals surface area contributed by atoms with Crippen molar-refractivity contribution >= 4 is 11.7 Å². The van der Waals surface area contributed by atoms with Crippen molar-refractivity contribution in [1.29, 1.82) is 0 Å². The van der Waals surface area contributed by atoms with Crippen molar-refractivity contribution < 1.29 is 4.79 Å². The lowest BCUT2D eigenvalue weighted by Gasteiger charge is -2.12. The number of pyridine rings is 1. The van der Waals surface area contributed by atoms with Gasteiger partial charge in [0.05, 0.1) is 5.56 Å². The smallest absolute Gasteiger partial charge is 0.254 e. The second kappa shape index (κ2) is 6.55. The SMILES string of the molecule is CN(C)C(=O)c1ccc(NCCC2CCCC2)nc1. The van der Waals surface area contributed by atoms with Crippen LogP contribution in [0.25, 0.3) is 0 Å². The number of hydrogen-bond donors (Lipinski definition) is 1. The molecule has 0 bridgehead atoms. The van der Waals surface area contributed by atoms with E-state index in [0.29, 0.717) is 5.56 Å². The van der Waals surface area contributed by atoms with Gasteiger partial charge >= 0.3 is 0 Å². The van der Waals surface area contributed by atoms with E-state index in [4.69, 9.17) is 0 Å². The maximum absolute atomic E-state index is 11.7. The minimum Gasteiger partial charge on any atom is -0.370 e. The standard InChI is InChI=1S/C15H23N3O/c1-18(2)15(19)13-7-8-14(17-11-13)16-10-9-12-5-3-4-6-12/h7-8,11-12H,3-6,9-10H2,1-2H3,(H,16,17). The first-order valence-corrected chi connectivity index (χ1v) is 7.08. The normalized spacial score (nSPS) is 15.5. The lowest BCUT2D eigenvalue weighted by atomic mass is 10.0. The van der Waals surface area contributed by atoms with Crippen LogP contribution in [0.4, 0.5) is 5.82 Å². The molecular formula is C15H23N3O. The van der Waals surface area contributed by atoms with Gasteiger partial charge in [-0.05, 0) is 24.5 Å². The highest BCUT2D eigenvalue weighted by atomic mass is 16.2. The number of aromatic nitrogens is 1. The molecular weight excluding hydrogens is 238 g/mol. The number of nitrogens with zero attached hydrogens (tertiary/aromatic N) is 2. The first-order valence-electron chi connectivity index (χ1n) is 7.08. The van der Waals surface area contributed by atoms with Crippen molar-refractivity contribution in [2.75, 3.05) is 26.0 Å². The van der Waals surface area contributed by atoms with Gasteiger partial charge in [0.15, 0.2) is 0 Å². The van der Waals surface area contributed by atoms with Crippen LogP contribution >= 0.6 is 0 Å². The van der Waals surface area contributed by atoms with Gasteiger partial charge in [-0.25, -0.2) is 4.98 Å². The Morgan fingerprint density at radius 1 is 1.37 bits per heavy atom. The van der Waals surface area contributed by atoms with Crippen molar-refractivity contribution in [2.24, 2.45) is 5.92 Å². The zero-order chi connectivity index (χ0) is 13.7. The fourth-order valence-electron chi connectivity index (χ4n) is 2.59. The van der Waals surface area contributed by atoms with Crippen LogP contribution < -0.4 is 5.32 Å². The summed E-state index contributed by atoms with van der Waals surface area (Å²) in [5, 5.41) is 3.33. The van der Waals surface area contributed by atoms with Gasteiger partial charge in [0.2, 0.25) is 0 Å². The molecule has 0 unspecified atom stereocenters. The largest absolute Gasteiger partial charge is 0.370 e. The van der Waals surface area contributed by atoms with E-state index in [1.807, 2.05) is 12.1 Å². The third-order valence-electron chi connectivity index (χ3n) is 3.75. The van der Waals surface area contributed by atoms with E-state index in [1.54, 1.807) is 25.2 Å². The third kappa shape index (κ3) is 3.94. The molecule has 2 rings (SSSR count). The predicted molar refractivity (Wildman–Crippen MR) is 77.3 cm³/mol. The van der Waals surface area contributed by atoms with E-state index in [0.717, 1.165) is 18.3 Å². The van der Waals surface area contributed by atoms with E-state index < -0.39 is 0 Å². The molecule has 0 radical (unpaired) electrons. The Kier molecular flexibility index (Phi) is 4.77. The van der Waals surface area contributed by atoms with Crippen LogP contribution in [0.1, 0.15) is 42.5 Å². The van der Waals surface area contributed by atoms with Crippen LogP contribution in [0.15, 0.2) is 18.3 Å². The predicted octanol–water partition coefficient (Wildman–Crippen LogP) is 2.78. The van der Waals surface area contributed by atoms with Gasteiger partial charge in [-0.15, -0.1) is 0 Å². The number of carbonyl (C=O) groups excluding carboxylic acids is 1. The molecule has 1 fully saturated rings. The molecule has 1 N–H and O–H groups in total. The molecule has 0 aliphatic heterocycles. The van der Waals surface area contributed by atoms with Gasteiger partial charge in [-0.2, -0.15) is 0 Å². The van der Waals surface area contributed by atoms with Crippen molar-refractivity contribution in [3.63, 3.8) is 0 Å². The lowest BCUT2D eigenvalue weighted by Crippen LogP contribution is -2.21. The highest BCUT2D eigenvalue weighted by Gasteiger charge is 2.14. The molecule has 0 atom stereocenters. The molecule has 4 nitrogen and oxygen atoms in total. The number of nitrogens with one attached hydrogen (secondary N) is 1. The molecule has 0 spiro atoms. The van der Waals surface area contributed by atoms with Gasteiger partial charge in [-0.3, -0.25) is 4.79 Å². The molecule has 104 valence electrons. The highest BCUT2D eigenvalue weighted by Crippen LogP contribution is 2.27. The zero-order valence-electron chi connectivity index (χ0n) is 11.9. The quantitative estimate of drug-likeness (QED) is 0.886. The maximum atomic E-state index is 11.7. The van der Waals surface area contributed by atoms with Crippen LogP contribution in [-0.4, -0.2) is 36.4 Å². The van der Waals surface area contributed by atoms with Gasteiger partial charge in [0, 0.05) is 26.8 Å². The van der Waals surface area contributed by atoms with E-state index in [1.165, 1.54) is 32.1 Å². The first-order chi connectivity index (χ1) is 9.16. The second-order valence-electron chi connectivity index (χ2n) is 5.50. The molecule has 1 heterocycles. The number of carbonyl (C=O) groups is 1. The van der Waals surface area contributed by atoms with E-state index in [-0.39, 0.29) is 5.91 Å². The second-order valence-corrected chi connectivity index (χ2v) is 5.50. The van der Waals surface area contributed by atoms with Crippen molar-refractivity contribution in [2.45, 2.75) is 32.1 Å². The number of amides is 1. The van der Waals surface area contributed by atoms with E-state index >= 15 is 0 Å². The minimum atomic E-state index is -0.00925. The Morgan fingerprint density at radius 3 is 2.68 bits per heavy atom. The molecule has 1 amide bonds. The summed E-state index contributed by atoms with van der Waals surface area (Å²) in [6, 6.07) is 3.71. The number of rotatable bonds is 5. The van der Waals surface area contributed by atoms with Crippen LogP contribution in [0.3, 0.4) is 0 Å². The van der Waals surface area contributed by atoms with Gasteiger partial charge in [-0.1, -0.05) is 25.7 Å². The van der Waals surface area contributed by atoms with Gasteiger partial charge in [0.25, 0.3) is 5.91 Å². The summed E-state index contributed by atoms with van der Waals surface area (Å²) in [6.07, 6.45) is 8.41. The third-order valence-corrected chi connectivity index (χ3v) is 3.75. The minimum absolute atomic E-state index is 0.00925. The molecule has 0 aromatic carbocycles. The van der Waals surface area contributed by atoms with Crippen LogP contribution in [0.5, 0.6) is 0 Å². The summed E-state index contributed by atoms with van der Waals surface area (Å²) in [5.74, 6) is 1.74. The summed E-state index contributed by atoms with van der Waals surface area (Å²) in [7, 11) is 3.49. The fraction of sp³-hybridized carbons (Fsp3) is 0.600. The number of hydrogen-bond acceptors (Lipinski definition) is 3. The fourth-order valence-corrected chi connectivity index (χ4v) is 2.59. The Morgan fingerprint density at radius 2 is 2.11 bits per heavy atom. The summed E-state index contributed by atoms with van der Waals surface area (Å²) >= 11 is 0. The van der Waals surface area contributed by atoms with Crippen molar-refractivity contribution in [3.05, 3.63) is 23.9 Å². The average Bonchev–Trinajstić information content (AvgIpc) is 2.92. The van der Waals surface area contributed by atoms with E-state index in [9.17, 15) is 4.79 Å². The van der Waals surface area contributed by atoms with E-state index in [2.05, 4.69) is 10.3 Å². The first kappa shape index (κ1) is 13.8. The molecule has 1 aromatic rings. The maximum Gasteiger partial charge on any atom is 0.254 e. The summed E-state index contributed by atoms with van der Waals surface area (Å²) in [4.78, 5) is 17.6. The van der Waals surface area contributed by atoms with Crippen molar-refractivity contribution in [1.82, 2.24) is 9.88 Å². The molecule has 1 saturated carbocycles. The van der Waals surface area contributed by atoms with Crippen molar-refractivity contribution in [3.8, 4) is 0 Å². The van der Waals surface area contributed by atoms with Gasteiger partial charge in [0.1, 0.15) is 5.82 Å². The molecule has 19 heavy (non-hydrogen) atoms. The average molecular weight is 261 g/mol. The summed E-state index contributed by atoms with van der Waals surface area (Å²) in [5.41, 5.74) is 0.631. The Labute approximate surface area is 115 Å².